The number of carbonyl (C=O) groups is 1. The molecule has 0 unspecified atom stereocenters. The van der Waals surface area contributed by atoms with Gasteiger partial charge in [0.05, 0.1) is 13.3 Å². The minimum Gasteiger partial charge on any atom is -0.508 e. The van der Waals surface area contributed by atoms with E-state index in [2.05, 4.69) is 10.5 Å². The molecule has 2 aromatic carbocycles. The minimum atomic E-state index is -0.442. The Kier molecular flexibility index (Phi) is 5.75. The average molecular weight is 325 g/mol. The number of hydrogen-bond donors (Lipinski definition) is 2. The van der Waals surface area contributed by atoms with Crippen molar-refractivity contribution in [2.24, 2.45) is 5.10 Å². The number of phenolic OH excluding ortho intramolecular Hbond substituents is 1. The molecule has 2 aromatic rings. The molecule has 7 nitrogen and oxygen atoms in total. The van der Waals surface area contributed by atoms with Gasteiger partial charge in [-0.1, -0.05) is 6.07 Å². The van der Waals surface area contributed by atoms with Crippen LogP contribution in [0.4, 0.5) is 0 Å². The number of hydrogen-bond acceptors (Lipinski definition) is 6. The van der Waals surface area contributed by atoms with Crippen LogP contribution in [0, 0.1) is 11.3 Å². The normalized spacial score (nSPS) is 10.2. The van der Waals surface area contributed by atoms with Gasteiger partial charge in [-0.25, -0.2) is 5.43 Å². The van der Waals surface area contributed by atoms with Gasteiger partial charge in [-0.05, 0) is 42.0 Å². The average Bonchev–Trinajstić information content (AvgIpc) is 2.60. The molecule has 0 heterocycles. The summed E-state index contributed by atoms with van der Waals surface area (Å²) in [5.41, 5.74) is 3.34. The molecule has 0 aromatic heterocycles. The maximum absolute atomic E-state index is 11.9. The summed E-state index contributed by atoms with van der Waals surface area (Å²) in [6.45, 7) is -0.0796. The van der Waals surface area contributed by atoms with Gasteiger partial charge in [-0.15, -0.1) is 0 Å². The van der Waals surface area contributed by atoms with Crippen LogP contribution < -0.4 is 14.9 Å². The summed E-state index contributed by atoms with van der Waals surface area (Å²) in [6.07, 6.45) is 1.44. The van der Waals surface area contributed by atoms with Gasteiger partial charge in [0.1, 0.15) is 11.8 Å². The molecule has 0 bridgehead atoms. The molecule has 0 aliphatic heterocycles. The van der Waals surface area contributed by atoms with Gasteiger partial charge in [-0.2, -0.15) is 10.4 Å². The lowest BCUT2D eigenvalue weighted by atomic mass is 10.2. The van der Waals surface area contributed by atoms with E-state index < -0.39 is 5.91 Å². The predicted molar refractivity (Wildman–Crippen MR) is 87.3 cm³/mol. The van der Waals surface area contributed by atoms with E-state index >= 15 is 0 Å². The minimum absolute atomic E-state index is 0.00400. The highest BCUT2D eigenvalue weighted by Gasteiger charge is 2.06. The van der Waals surface area contributed by atoms with Gasteiger partial charge in [0, 0.05) is 5.56 Å². The van der Waals surface area contributed by atoms with Crippen molar-refractivity contribution in [3.05, 3.63) is 53.6 Å². The number of phenols is 1. The number of nitrogens with zero attached hydrogens (tertiary/aromatic N) is 2. The molecule has 1 amide bonds. The zero-order valence-electron chi connectivity index (χ0n) is 12.9. The lowest BCUT2D eigenvalue weighted by molar-refractivity contribution is 0.0954. The summed E-state index contributed by atoms with van der Waals surface area (Å²) in [5.74, 6) is 0.459. The molecule has 0 atom stereocenters. The fourth-order valence-corrected chi connectivity index (χ4v) is 1.87. The lowest BCUT2D eigenvalue weighted by Gasteiger charge is -2.08. The molecule has 0 spiro atoms. The molecular formula is C17H15N3O4. The third-order valence-electron chi connectivity index (χ3n) is 2.97. The van der Waals surface area contributed by atoms with Crippen molar-refractivity contribution >= 4 is 12.1 Å². The number of carbonyl (C=O) groups excluding carboxylic acids is 1. The molecule has 0 radical (unpaired) electrons. The zero-order valence-corrected chi connectivity index (χ0v) is 12.9. The number of nitrogens with one attached hydrogen (secondary N) is 1. The zero-order chi connectivity index (χ0) is 17.4. The van der Waals surface area contributed by atoms with E-state index in [4.69, 9.17) is 14.7 Å². The largest absolute Gasteiger partial charge is 0.508 e. The first-order valence-corrected chi connectivity index (χ1v) is 6.94. The highest BCUT2D eigenvalue weighted by atomic mass is 16.5. The molecule has 0 fully saturated rings. The first kappa shape index (κ1) is 16.8. The smallest absolute Gasteiger partial charge is 0.271 e. The number of nitriles is 1. The van der Waals surface area contributed by atoms with Crippen LogP contribution in [0.25, 0.3) is 0 Å². The van der Waals surface area contributed by atoms with Crippen molar-refractivity contribution in [2.45, 2.75) is 0 Å². The van der Waals surface area contributed by atoms with Crippen LogP contribution in [0.2, 0.25) is 0 Å². The third-order valence-corrected chi connectivity index (χ3v) is 2.97. The Hall–Kier alpha value is -3.53. The van der Waals surface area contributed by atoms with Crippen molar-refractivity contribution in [1.82, 2.24) is 5.43 Å². The summed E-state index contributed by atoms with van der Waals surface area (Å²) in [7, 11) is 1.49. The maximum atomic E-state index is 11.9. The Morgan fingerprint density at radius 3 is 2.88 bits per heavy atom. The van der Waals surface area contributed by atoms with Crippen LogP contribution >= 0.6 is 0 Å². The molecule has 122 valence electrons. The SMILES string of the molecule is COc1cc(/C=N\NC(=O)c2cccc(O)c2)ccc1OCC#N. The van der Waals surface area contributed by atoms with E-state index in [1.165, 1.54) is 25.5 Å². The summed E-state index contributed by atoms with van der Waals surface area (Å²) in [6, 6.07) is 12.8. The van der Waals surface area contributed by atoms with Crippen molar-refractivity contribution in [3.63, 3.8) is 0 Å². The topological polar surface area (TPSA) is 104 Å². The Morgan fingerprint density at radius 2 is 2.17 bits per heavy atom. The highest BCUT2D eigenvalue weighted by Crippen LogP contribution is 2.27. The predicted octanol–water partition coefficient (Wildman–Crippen LogP) is 2.07. The number of amides is 1. The van der Waals surface area contributed by atoms with Gasteiger partial charge in [-0.3, -0.25) is 4.79 Å². The molecule has 24 heavy (non-hydrogen) atoms. The monoisotopic (exact) mass is 325 g/mol. The number of ether oxygens (including phenoxy) is 2. The van der Waals surface area contributed by atoms with E-state index in [0.29, 0.717) is 22.6 Å². The summed E-state index contributed by atoms with van der Waals surface area (Å²) >= 11 is 0. The van der Waals surface area contributed by atoms with Crippen LogP contribution in [0.3, 0.4) is 0 Å². The summed E-state index contributed by atoms with van der Waals surface area (Å²) in [5, 5.41) is 21.7. The number of rotatable bonds is 6. The first-order valence-electron chi connectivity index (χ1n) is 6.94. The molecule has 2 N–H and O–H groups in total. The number of benzene rings is 2. The molecule has 7 heteroatoms. The fourth-order valence-electron chi connectivity index (χ4n) is 1.87. The molecule has 0 saturated heterocycles. The van der Waals surface area contributed by atoms with E-state index in [0.717, 1.165) is 0 Å². The van der Waals surface area contributed by atoms with Crippen molar-refractivity contribution in [2.75, 3.05) is 13.7 Å². The van der Waals surface area contributed by atoms with Crippen LogP contribution in [0.1, 0.15) is 15.9 Å². The Bertz CT molecular complexity index is 797. The van der Waals surface area contributed by atoms with Crippen LogP contribution in [-0.4, -0.2) is 30.9 Å². The third kappa shape index (κ3) is 4.48. The molecule has 0 saturated carbocycles. The lowest BCUT2D eigenvalue weighted by Crippen LogP contribution is -2.17. The maximum Gasteiger partial charge on any atom is 0.271 e. The molecule has 0 aliphatic rings. The second-order valence-electron chi connectivity index (χ2n) is 4.61. The number of aromatic hydroxyl groups is 1. The Labute approximate surface area is 138 Å². The van der Waals surface area contributed by atoms with Gasteiger partial charge in [0.25, 0.3) is 5.91 Å². The highest BCUT2D eigenvalue weighted by molar-refractivity contribution is 5.95. The van der Waals surface area contributed by atoms with Gasteiger partial charge in [0.2, 0.25) is 0 Å². The first-order chi connectivity index (χ1) is 11.6. The summed E-state index contributed by atoms with van der Waals surface area (Å²) in [4.78, 5) is 11.9. The van der Waals surface area contributed by atoms with Gasteiger partial charge >= 0.3 is 0 Å². The molecule has 0 aliphatic carbocycles. The van der Waals surface area contributed by atoms with Crippen LogP contribution in [0.15, 0.2) is 47.6 Å². The Morgan fingerprint density at radius 1 is 1.33 bits per heavy atom. The van der Waals surface area contributed by atoms with E-state index in [9.17, 15) is 9.90 Å². The molecular weight excluding hydrogens is 310 g/mol. The number of hydrazone groups is 1. The van der Waals surface area contributed by atoms with Gasteiger partial charge < -0.3 is 14.6 Å². The van der Waals surface area contributed by atoms with Crippen LogP contribution in [0.5, 0.6) is 17.2 Å². The quantitative estimate of drug-likeness (QED) is 0.625. The number of methoxy groups -OCH3 is 1. The second-order valence-corrected chi connectivity index (χ2v) is 4.61. The second kappa shape index (κ2) is 8.19. The van der Waals surface area contributed by atoms with Crippen molar-refractivity contribution in [3.8, 4) is 23.3 Å². The van der Waals surface area contributed by atoms with E-state index in [1.807, 2.05) is 6.07 Å². The fraction of sp³-hybridized carbons (Fsp3) is 0.118. The van der Waals surface area contributed by atoms with E-state index in [1.54, 1.807) is 30.3 Å². The standard InChI is InChI=1S/C17H15N3O4/c1-23-16-9-12(5-6-15(16)24-8-7-18)11-19-20-17(22)13-3-2-4-14(21)10-13/h2-6,9-11,21H,8H2,1H3,(H,20,22)/b19-11-. The van der Waals surface area contributed by atoms with Gasteiger partial charge in [0.15, 0.2) is 18.1 Å². The van der Waals surface area contributed by atoms with Crippen LogP contribution in [-0.2, 0) is 0 Å². The van der Waals surface area contributed by atoms with Crippen molar-refractivity contribution in [1.29, 1.82) is 5.26 Å². The Balaban J connectivity index is 2.04. The van der Waals surface area contributed by atoms with E-state index in [-0.39, 0.29) is 12.4 Å². The summed E-state index contributed by atoms with van der Waals surface area (Å²) < 4.78 is 10.4. The van der Waals surface area contributed by atoms with Crippen molar-refractivity contribution < 1.29 is 19.4 Å². The molecule has 2 rings (SSSR count).